The van der Waals surface area contributed by atoms with Crippen LogP contribution in [0.3, 0.4) is 0 Å². The fourth-order valence-electron chi connectivity index (χ4n) is 4.43. The molecule has 0 saturated carbocycles. The van der Waals surface area contributed by atoms with Crippen LogP contribution in [0.4, 0.5) is 5.13 Å². The number of ether oxygens (including phenoxy) is 2. The van der Waals surface area contributed by atoms with E-state index in [9.17, 15) is 0 Å². The van der Waals surface area contributed by atoms with Gasteiger partial charge in [-0.2, -0.15) is 0 Å². The smallest absolute Gasteiger partial charge is 0.292 e. The third kappa shape index (κ3) is 2.66. The average molecular weight is 359 g/mol. The first-order valence-corrected chi connectivity index (χ1v) is 9.93. The number of hydrogen-bond acceptors (Lipinski definition) is 6. The van der Waals surface area contributed by atoms with Crippen LogP contribution in [-0.2, 0) is 4.74 Å². The van der Waals surface area contributed by atoms with Crippen molar-refractivity contribution in [3.63, 3.8) is 0 Å². The Hall–Kier alpha value is -1.86. The van der Waals surface area contributed by atoms with E-state index in [2.05, 4.69) is 15.3 Å². The quantitative estimate of drug-likeness (QED) is 0.873. The van der Waals surface area contributed by atoms with Gasteiger partial charge < -0.3 is 14.4 Å². The zero-order chi connectivity index (χ0) is 16.9. The number of nitrogens with one attached hydrogen (secondary N) is 2. The molecule has 4 aliphatic rings. The van der Waals surface area contributed by atoms with Gasteiger partial charge >= 0.3 is 0 Å². The first-order chi connectivity index (χ1) is 12.2. The number of aliphatic imine (C=N–C) groups is 1. The van der Waals surface area contributed by atoms with Gasteiger partial charge in [-0.1, -0.05) is 11.3 Å². The topological polar surface area (TPSA) is 60.2 Å². The van der Waals surface area contributed by atoms with Crippen LogP contribution in [0, 0.1) is 5.92 Å². The van der Waals surface area contributed by atoms with Crippen molar-refractivity contribution in [1.82, 2.24) is 4.98 Å². The van der Waals surface area contributed by atoms with Crippen molar-refractivity contribution in [2.24, 2.45) is 10.9 Å². The number of quaternary nitrogens is 1. The molecule has 7 heteroatoms. The minimum Gasteiger partial charge on any atom is -0.494 e. The first kappa shape index (κ1) is 15.4. The monoisotopic (exact) mass is 359 g/mol. The van der Waals surface area contributed by atoms with E-state index < -0.39 is 0 Å². The second-order valence-electron chi connectivity index (χ2n) is 7.20. The zero-order valence-corrected chi connectivity index (χ0v) is 15.2. The van der Waals surface area contributed by atoms with E-state index in [1.54, 1.807) is 16.2 Å². The van der Waals surface area contributed by atoms with E-state index in [4.69, 9.17) is 9.47 Å². The van der Waals surface area contributed by atoms with Crippen LogP contribution in [0.2, 0.25) is 0 Å². The lowest BCUT2D eigenvalue weighted by molar-refractivity contribution is -0.924. The molecule has 2 N–H and O–H groups in total. The molecule has 25 heavy (non-hydrogen) atoms. The molecule has 1 atom stereocenters. The molecule has 6 nitrogen and oxygen atoms in total. The van der Waals surface area contributed by atoms with Crippen LogP contribution in [-0.4, -0.2) is 49.4 Å². The Labute approximate surface area is 150 Å². The summed E-state index contributed by atoms with van der Waals surface area (Å²) in [7, 11) is 0. The molecule has 4 aliphatic heterocycles. The summed E-state index contributed by atoms with van der Waals surface area (Å²) in [4.78, 5) is 11.0. The summed E-state index contributed by atoms with van der Waals surface area (Å²) in [6, 6.07) is 6.64. The Morgan fingerprint density at radius 3 is 3.04 bits per heavy atom. The highest BCUT2D eigenvalue weighted by molar-refractivity contribution is 7.22. The van der Waals surface area contributed by atoms with Crippen molar-refractivity contribution in [3.8, 4) is 5.75 Å². The number of amidine groups is 1. The van der Waals surface area contributed by atoms with Crippen molar-refractivity contribution in [2.45, 2.75) is 25.4 Å². The molecule has 0 aliphatic carbocycles. The standard InChI is InChI=1S/C18H22N4O2S/c1-2-23-13-3-4-14-15(9-13)25-17(20-14)21-16-19-10-18(24-16)11-22-7-5-12(18)6-8-22/h3-4,9,12H,2,5-8,10-11H2,1H3,(H,19,20,21)/p+1. The Balaban J connectivity index is 1.32. The van der Waals surface area contributed by atoms with Crippen molar-refractivity contribution < 1.29 is 14.4 Å². The number of anilines is 1. The van der Waals surface area contributed by atoms with Crippen molar-refractivity contribution in [3.05, 3.63) is 18.2 Å². The largest absolute Gasteiger partial charge is 0.494 e. The minimum atomic E-state index is -0.0764. The maximum atomic E-state index is 6.35. The van der Waals surface area contributed by atoms with E-state index in [1.165, 1.54) is 25.9 Å². The summed E-state index contributed by atoms with van der Waals surface area (Å²) < 4.78 is 13.0. The van der Waals surface area contributed by atoms with Gasteiger partial charge in [-0.25, -0.2) is 9.98 Å². The van der Waals surface area contributed by atoms with Gasteiger partial charge in [0.05, 0.1) is 36.5 Å². The molecule has 2 aromatic rings. The van der Waals surface area contributed by atoms with Crippen LogP contribution >= 0.6 is 11.3 Å². The van der Waals surface area contributed by atoms with Gasteiger partial charge in [0, 0.05) is 18.8 Å². The number of nitrogens with zero attached hydrogens (tertiary/aromatic N) is 2. The second-order valence-corrected chi connectivity index (χ2v) is 8.23. The normalized spacial score (nSPS) is 30.5. The van der Waals surface area contributed by atoms with Crippen LogP contribution < -0.4 is 15.0 Å². The van der Waals surface area contributed by atoms with E-state index in [-0.39, 0.29) is 5.60 Å². The molecule has 1 unspecified atom stereocenters. The number of piperidine rings is 3. The van der Waals surface area contributed by atoms with Gasteiger partial charge in [-0.15, -0.1) is 0 Å². The highest BCUT2D eigenvalue weighted by Crippen LogP contribution is 2.36. The summed E-state index contributed by atoms with van der Waals surface area (Å²) in [5.74, 6) is 1.53. The van der Waals surface area contributed by atoms with Crippen molar-refractivity contribution in [2.75, 3.05) is 38.1 Å². The van der Waals surface area contributed by atoms with Gasteiger partial charge in [0.2, 0.25) is 0 Å². The van der Waals surface area contributed by atoms with Gasteiger partial charge in [0.25, 0.3) is 6.02 Å². The van der Waals surface area contributed by atoms with Gasteiger partial charge in [0.1, 0.15) is 12.3 Å². The molecule has 132 valence electrons. The summed E-state index contributed by atoms with van der Waals surface area (Å²) in [6.07, 6.45) is 2.53. The highest BCUT2D eigenvalue weighted by Gasteiger charge is 2.54. The Kier molecular flexibility index (Phi) is 3.60. The van der Waals surface area contributed by atoms with Gasteiger partial charge in [-0.05, 0) is 25.1 Å². The Morgan fingerprint density at radius 1 is 1.40 bits per heavy atom. The molecule has 3 saturated heterocycles. The number of fused-ring (bicyclic) bond motifs is 3. The molecular weight excluding hydrogens is 336 g/mol. The number of thiazole rings is 1. The highest BCUT2D eigenvalue weighted by atomic mass is 32.1. The van der Waals surface area contributed by atoms with Crippen molar-refractivity contribution in [1.29, 1.82) is 0 Å². The minimum absolute atomic E-state index is 0.0764. The molecule has 0 amide bonds. The molecule has 1 spiro atoms. The van der Waals surface area contributed by atoms with Crippen LogP contribution in [0.25, 0.3) is 10.2 Å². The zero-order valence-electron chi connectivity index (χ0n) is 14.4. The van der Waals surface area contributed by atoms with Gasteiger partial charge in [0.15, 0.2) is 10.7 Å². The summed E-state index contributed by atoms with van der Waals surface area (Å²) in [5.41, 5.74) is 0.893. The average Bonchev–Trinajstić information content (AvgIpc) is 3.20. The second kappa shape index (κ2) is 5.85. The third-order valence-corrected chi connectivity index (χ3v) is 6.59. The fourth-order valence-corrected chi connectivity index (χ4v) is 5.32. The first-order valence-electron chi connectivity index (χ1n) is 9.11. The lowest BCUT2D eigenvalue weighted by Crippen LogP contribution is -3.17. The van der Waals surface area contributed by atoms with Gasteiger partial charge in [-0.3, -0.25) is 5.32 Å². The molecule has 1 aromatic carbocycles. The Bertz CT molecular complexity index is 828. The third-order valence-electron chi connectivity index (χ3n) is 5.66. The molecular formula is C18H23N4O2S+. The van der Waals surface area contributed by atoms with E-state index in [0.29, 0.717) is 18.5 Å². The van der Waals surface area contributed by atoms with E-state index in [0.717, 1.165) is 34.2 Å². The molecule has 2 bridgehead atoms. The molecule has 5 heterocycles. The summed E-state index contributed by atoms with van der Waals surface area (Å²) >= 11 is 1.61. The van der Waals surface area contributed by atoms with E-state index >= 15 is 0 Å². The van der Waals surface area contributed by atoms with E-state index in [1.807, 2.05) is 25.1 Å². The molecule has 6 rings (SSSR count). The number of aromatic nitrogens is 1. The fraction of sp³-hybridized carbons (Fsp3) is 0.556. The molecule has 0 radical (unpaired) electrons. The Morgan fingerprint density at radius 2 is 2.28 bits per heavy atom. The molecule has 1 aromatic heterocycles. The van der Waals surface area contributed by atoms with Crippen LogP contribution in [0.15, 0.2) is 23.2 Å². The van der Waals surface area contributed by atoms with Crippen LogP contribution in [0.1, 0.15) is 19.8 Å². The maximum Gasteiger partial charge on any atom is 0.292 e. The molecule has 3 fully saturated rings. The number of benzene rings is 1. The maximum absolute atomic E-state index is 6.35. The lowest BCUT2D eigenvalue weighted by Gasteiger charge is -2.47. The predicted octanol–water partition coefficient (Wildman–Crippen LogP) is 1.54. The lowest BCUT2D eigenvalue weighted by atomic mass is 9.75. The SMILES string of the molecule is CCOc1ccc2nc(NC3=NCC4(C[NH+]5CCC4CC5)O3)sc2c1. The van der Waals surface area contributed by atoms with Crippen molar-refractivity contribution >= 4 is 32.7 Å². The summed E-state index contributed by atoms with van der Waals surface area (Å²) in [6.45, 7) is 7.11. The number of hydrogen-bond donors (Lipinski definition) is 2. The van der Waals surface area contributed by atoms with Crippen LogP contribution in [0.5, 0.6) is 5.75 Å². The number of rotatable bonds is 3. The predicted molar refractivity (Wildman–Crippen MR) is 98.8 cm³/mol. The summed E-state index contributed by atoms with van der Waals surface area (Å²) in [5, 5.41) is 4.12.